The number of fused-ring (bicyclic) bond motifs is 1. The zero-order valence-electron chi connectivity index (χ0n) is 16.1. The highest BCUT2D eigenvalue weighted by Crippen LogP contribution is 2.35. The molecule has 0 amide bonds. The first-order valence-corrected chi connectivity index (χ1v) is 9.69. The van der Waals surface area contributed by atoms with Crippen molar-refractivity contribution in [3.05, 3.63) is 79.8 Å². The normalized spacial score (nSPS) is 12.4. The Morgan fingerprint density at radius 3 is 2.62 bits per heavy atom. The lowest BCUT2D eigenvalue weighted by molar-refractivity contribution is 0.449. The Morgan fingerprint density at radius 2 is 1.79 bits per heavy atom. The quantitative estimate of drug-likeness (QED) is 0.443. The third kappa shape index (κ3) is 3.20. The van der Waals surface area contributed by atoms with E-state index in [-0.39, 0.29) is 6.04 Å². The number of aryl methyl sites for hydroxylation is 1. The van der Waals surface area contributed by atoms with Gasteiger partial charge in [-0.15, -0.1) is 0 Å². The highest BCUT2D eigenvalue weighted by molar-refractivity contribution is 5.85. The van der Waals surface area contributed by atoms with Gasteiger partial charge in [-0.1, -0.05) is 30.3 Å². The highest BCUT2D eigenvalue weighted by Gasteiger charge is 2.21. The Labute approximate surface area is 168 Å². The largest absolute Gasteiger partial charge is 0.327 e. The molecule has 5 rings (SSSR count). The van der Waals surface area contributed by atoms with Crippen LogP contribution < -0.4 is 0 Å². The van der Waals surface area contributed by atoms with Crippen molar-refractivity contribution in [1.82, 2.24) is 33.9 Å². The number of hydrogen-bond acceptors (Lipinski definition) is 4. The van der Waals surface area contributed by atoms with Gasteiger partial charge < -0.3 is 4.57 Å². The maximum absolute atomic E-state index is 4.79. The van der Waals surface area contributed by atoms with Crippen LogP contribution in [0.5, 0.6) is 0 Å². The van der Waals surface area contributed by atoms with Gasteiger partial charge in [-0.2, -0.15) is 10.2 Å². The molecule has 0 aliphatic carbocycles. The van der Waals surface area contributed by atoms with E-state index in [2.05, 4.69) is 38.8 Å². The Balaban J connectivity index is 1.61. The van der Waals surface area contributed by atoms with E-state index in [1.165, 1.54) is 0 Å². The minimum absolute atomic E-state index is 0.234. The molecule has 29 heavy (non-hydrogen) atoms. The first-order valence-electron chi connectivity index (χ1n) is 9.69. The topological polar surface area (TPSA) is 65.8 Å². The van der Waals surface area contributed by atoms with E-state index >= 15 is 0 Å². The molecular weight excluding hydrogens is 362 g/mol. The van der Waals surface area contributed by atoms with Crippen LogP contribution in [0, 0.1) is 0 Å². The van der Waals surface area contributed by atoms with Gasteiger partial charge in [-0.05, 0) is 25.5 Å². The van der Waals surface area contributed by atoms with E-state index in [0.29, 0.717) is 0 Å². The fourth-order valence-corrected chi connectivity index (χ4v) is 3.65. The molecule has 0 fully saturated rings. The zero-order chi connectivity index (χ0) is 19.6. The zero-order valence-corrected chi connectivity index (χ0v) is 16.1. The van der Waals surface area contributed by atoms with Gasteiger partial charge in [0.2, 0.25) is 0 Å². The Kier molecular flexibility index (Phi) is 4.40. The average molecular weight is 383 g/mol. The first-order chi connectivity index (χ1) is 14.3. The van der Waals surface area contributed by atoms with Crippen molar-refractivity contribution in [3.63, 3.8) is 0 Å². The standard InChI is InChI=1S/C22H21N7/c1-17(9-14-27-12-6-11-25-27)28-16-24-20(18-7-3-2-4-8-18)21(28)19-15-26-29-13-5-10-23-22(19)29/h2-8,10-13,15-17H,9,14H2,1H3. The van der Waals surface area contributed by atoms with Crippen molar-refractivity contribution >= 4 is 5.65 Å². The molecule has 5 aromatic rings. The third-order valence-corrected chi connectivity index (χ3v) is 5.19. The summed E-state index contributed by atoms with van der Waals surface area (Å²) in [7, 11) is 0. The molecule has 0 radical (unpaired) electrons. The van der Waals surface area contributed by atoms with Gasteiger partial charge in [0.05, 0.1) is 29.5 Å². The molecule has 0 spiro atoms. The molecule has 0 aliphatic rings. The molecule has 7 nitrogen and oxygen atoms in total. The van der Waals surface area contributed by atoms with Crippen molar-refractivity contribution in [3.8, 4) is 22.5 Å². The number of aromatic nitrogens is 7. The highest BCUT2D eigenvalue weighted by atomic mass is 15.3. The molecular formula is C22H21N7. The molecule has 0 saturated carbocycles. The molecule has 1 unspecified atom stereocenters. The van der Waals surface area contributed by atoms with Gasteiger partial charge >= 0.3 is 0 Å². The van der Waals surface area contributed by atoms with Crippen LogP contribution in [0.1, 0.15) is 19.4 Å². The van der Waals surface area contributed by atoms with Crippen molar-refractivity contribution in [2.75, 3.05) is 0 Å². The summed E-state index contributed by atoms with van der Waals surface area (Å²) in [6.07, 6.45) is 12.3. The van der Waals surface area contributed by atoms with Crippen LogP contribution >= 0.6 is 0 Å². The molecule has 0 bridgehead atoms. The predicted molar refractivity (Wildman–Crippen MR) is 111 cm³/mol. The van der Waals surface area contributed by atoms with Crippen LogP contribution in [-0.4, -0.2) is 33.9 Å². The molecule has 4 aromatic heterocycles. The Hall–Kier alpha value is -3.74. The maximum Gasteiger partial charge on any atom is 0.164 e. The number of benzene rings is 1. The van der Waals surface area contributed by atoms with Crippen LogP contribution in [0.2, 0.25) is 0 Å². The minimum atomic E-state index is 0.234. The van der Waals surface area contributed by atoms with Gasteiger partial charge in [-0.25, -0.2) is 14.5 Å². The van der Waals surface area contributed by atoms with Crippen molar-refractivity contribution in [2.24, 2.45) is 0 Å². The SMILES string of the molecule is CC(CCn1cccn1)n1cnc(-c2ccccc2)c1-c1cnn2cccnc12. The number of nitrogens with zero attached hydrogens (tertiary/aromatic N) is 7. The smallest absolute Gasteiger partial charge is 0.164 e. The van der Waals surface area contributed by atoms with Crippen LogP contribution in [0.25, 0.3) is 28.2 Å². The first kappa shape index (κ1) is 17.4. The Bertz CT molecular complexity index is 1220. The van der Waals surface area contributed by atoms with E-state index < -0.39 is 0 Å². The van der Waals surface area contributed by atoms with E-state index in [1.807, 2.05) is 66.1 Å². The number of imidazole rings is 1. The predicted octanol–water partition coefficient (Wildman–Crippen LogP) is 4.11. The van der Waals surface area contributed by atoms with Crippen LogP contribution in [0.15, 0.2) is 79.8 Å². The average Bonchev–Trinajstić information content (AvgIpc) is 3.51. The number of rotatable bonds is 6. The van der Waals surface area contributed by atoms with Crippen molar-refractivity contribution in [1.29, 1.82) is 0 Å². The fourth-order valence-electron chi connectivity index (χ4n) is 3.65. The summed E-state index contributed by atoms with van der Waals surface area (Å²) in [5.74, 6) is 0. The summed E-state index contributed by atoms with van der Waals surface area (Å²) in [6.45, 7) is 3.06. The second-order valence-corrected chi connectivity index (χ2v) is 7.07. The molecule has 7 heteroatoms. The van der Waals surface area contributed by atoms with Gasteiger partial charge in [-0.3, -0.25) is 4.68 Å². The second-order valence-electron chi connectivity index (χ2n) is 7.07. The summed E-state index contributed by atoms with van der Waals surface area (Å²) in [6, 6.07) is 14.3. The van der Waals surface area contributed by atoms with Gasteiger partial charge in [0, 0.05) is 42.9 Å². The molecule has 0 aliphatic heterocycles. The lowest BCUT2D eigenvalue weighted by Crippen LogP contribution is -2.10. The lowest BCUT2D eigenvalue weighted by Gasteiger charge is -2.17. The lowest BCUT2D eigenvalue weighted by atomic mass is 10.1. The minimum Gasteiger partial charge on any atom is -0.327 e. The van der Waals surface area contributed by atoms with E-state index in [1.54, 1.807) is 10.7 Å². The maximum atomic E-state index is 4.79. The van der Waals surface area contributed by atoms with Crippen molar-refractivity contribution in [2.45, 2.75) is 25.9 Å². The summed E-state index contributed by atoms with van der Waals surface area (Å²) >= 11 is 0. The fraction of sp³-hybridized carbons (Fsp3) is 0.182. The summed E-state index contributed by atoms with van der Waals surface area (Å²) < 4.78 is 6.00. The molecule has 0 N–H and O–H groups in total. The van der Waals surface area contributed by atoms with Crippen molar-refractivity contribution < 1.29 is 0 Å². The molecule has 1 aromatic carbocycles. The van der Waals surface area contributed by atoms with E-state index in [9.17, 15) is 0 Å². The molecule has 1 atom stereocenters. The van der Waals surface area contributed by atoms with Gasteiger partial charge in [0.1, 0.15) is 0 Å². The van der Waals surface area contributed by atoms with Crippen LogP contribution in [0.4, 0.5) is 0 Å². The summed E-state index contributed by atoms with van der Waals surface area (Å²) in [5, 5.41) is 8.81. The van der Waals surface area contributed by atoms with E-state index in [4.69, 9.17) is 4.98 Å². The third-order valence-electron chi connectivity index (χ3n) is 5.19. The van der Waals surface area contributed by atoms with Crippen LogP contribution in [0.3, 0.4) is 0 Å². The Morgan fingerprint density at radius 1 is 0.931 bits per heavy atom. The molecule has 4 heterocycles. The van der Waals surface area contributed by atoms with Gasteiger partial charge in [0.25, 0.3) is 0 Å². The molecule has 0 saturated heterocycles. The summed E-state index contributed by atoms with van der Waals surface area (Å²) in [4.78, 5) is 9.36. The van der Waals surface area contributed by atoms with E-state index in [0.717, 1.165) is 41.1 Å². The number of hydrogen-bond donors (Lipinski definition) is 0. The summed E-state index contributed by atoms with van der Waals surface area (Å²) in [5.41, 5.74) is 4.87. The van der Waals surface area contributed by atoms with Gasteiger partial charge in [0.15, 0.2) is 5.65 Å². The monoisotopic (exact) mass is 383 g/mol. The molecule has 144 valence electrons. The second kappa shape index (κ2) is 7.35. The van der Waals surface area contributed by atoms with Crippen LogP contribution in [-0.2, 0) is 6.54 Å².